The first-order valence-corrected chi connectivity index (χ1v) is 4.26. The number of hydrogen-bond donors (Lipinski definition) is 0. The second kappa shape index (κ2) is 3.03. The van der Waals surface area contributed by atoms with Crippen molar-refractivity contribution in [2.24, 2.45) is 5.10 Å². The Kier molecular flexibility index (Phi) is 2.41. The lowest BCUT2D eigenvalue weighted by atomic mass is 10.1. The minimum Gasteiger partial charge on any atom is -0.327 e. The Bertz CT molecular complexity index is 241. The Labute approximate surface area is 81.2 Å². The van der Waals surface area contributed by atoms with Gasteiger partial charge in [-0.05, 0) is 20.8 Å². The lowest BCUT2D eigenvalue weighted by Crippen LogP contribution is -2.55. The maximum absolute atomic E-state index is 12.6. The van der Waals surface area contributed by atoms with Gasteiger partial charge in [0.1, 0.15) is 6.34 Å². The van der Waals surface area contributed by atoms with Gasteiger partial charge in [-0.3, -0.25) is 5.01 Å². The molecule has 1 aliphatic rings. The molecule has 1 unspecified atom stereocenters. The molecule has 0 amide bonds. The third-order valence-corrected chi connectivity index (χ3v) is 2.04. The van der Waals surface area contributed by atoms with Gasteiger partial charge >= 0.3 is 6.18 Å². The summed E-state index contributed by atoms with van der Waals surface area (Å²) in [5, 5.41) is 4.57. The smallest absolute Gasteiger partial charge is 0.327 e. The van der Waals surface area contributed by atoms with Crippen molar-refractivity contribution in [3.8, 4) is 0 Å². The molecule has 0 fully saturated rings. The zero-order valence-corrected chi connectivity index (χ0v) is 8.63. The Balaban J connectivity index is 2.93. The van der Waals surface area contributed by atoms with Crippen LogP contribution in [0.4, 0.5) is 13.2 Å². The first kappa shape index (κ1) is 11.1. The fourth-order valence-electron chi connectivity index (χ4n) is 1.35. The summed E-state index contributed by atoms with van der Waals surface area (Å²) in [5.74, 6) is 0. The summed E-state index contributed by atoms with van der Waals surface area (Å²) in [6.45, 7) is 5.16. The highest BCUT2D eigenvalue weighted by Gasteiger charge is 2.51. The molecule has 82 valence electrons. The Morgan fingerprint density at radius 1 is 1.21 bits per heavy atom. The van der Waals surface area contributed by atoms with E-state index in [0.29, 0.717) is 0 Å². The summed E-state index contributed by atoms with van der Waals surface area (Å²) in [5.41, 5.74) is -0.589. The zero-order valence-electron chi connectivity index (χ0n) is 8.63. The van der Waals surface area contributed by atoms with E-state index in [0.717, 1.165) is 5.01 Å². The fourth-order valence-corrected chi connectivity index (χ4v) is 1.35. The van der Waals surface area contributed by atoms with E-state index < -0.39 is 17.9 Å². The number of nitrogens with zero attached hydrogens (tertiary/aromatic N) is 3. The van der Waals surface area contributed by atoms with Gasteiger partial charge in [-0.15, -0.1) is 0 Å². The molecule has 1 rings (SSSR count). The zero-order chi connectivity index (χ0) is 11.1. The van der Waals surface area contributed by atoms with Crippen LogP contribution in [0, 0.1) is 0 Å². The Hall–Kier alpha value is -0.940. The van der Waals surface area contributed by atoms with Crippen molar-refractivity contribution in [3.63, 3.8) is 0 Å². The summed E-state index contributed by atoms with van der Waals surface area (Å²) < 4.78 is 37.9. The molecule has 14 heavy (non-hydrogen) atoms. The molecule has 0 radical (unpaired) electrons. The van der Waals surface area contributed by atoms with Crippen molar-refractivity contribution in [1.82, 2.24) is 9.91 Å². The van der Waals surface area contributed by atoms with Crippen LogP contribution in [0.5, 0.6) is 0 Å². The minimum atomic E-state index is -4.29. The molecular weight excluding hydrogens is 195 g/mol. The highest BCUT2D eigenvalue weighted by atomic mass is 19.4. The van der Waals surface area contributed by atoms with Gasteiger partial charge in [0.05, 0.1) is 0 Å². The van der Waals surface area contributed by atoms with Crippen molar-refractivity contribution in [2.45, 2.75) is 38.7 Å². The summed E-state index contributed by atoms with van der Waals surface area (Å²) in [6, 6.07) is 0. The van der Waals surface area contributed by atoms with E-state index in [-0.39, 0.29) is 0 Å². The summed E-state index contributed by atoms with van der Waals surface area (Å²) in [4.78, 5) is 1.20. The predicted molar refractivity (Wildman–Crippen MR) is 47.7 cm³/mol. The predicted octanol–water partition coefficient (Wildman–Crippen LogP) is 1.86. The molecule has 3 nitrogen and oxygen atoms in total. The van der Waals surface area contributed by atoms with Crippen LogP contribution >= 0.6 is 0 Å². The van der Waals surface area contributed by atoms with Crippen molar-refractivity contribution >= 4 is 6.34 Å². The van der Waals surface area contributed by atoms with Crippen LogP contribution in [0.15, 0.2) is 5.10 Å². The molecule has 0 aliphatic carbocycles. The van der Waals surface area contributed by atoms with Gasteiger partial charge in [-0.1, -0.05) is 0 Å². The molecule has 0 aromatic carbocycles. The Morgan fingerprint density at radius 3 is 2.00 bits per heavy atom. The van der Waals surface area contributed by atoms with Crippen LogP contribution in [0.3, 0.4) is 0 Å². The SMILES string of the molecule is CN1N=CN(C(C)(C)C)C1C(F)(F)F. The van der Waals surface area contributed by atoms with Crippen molar-refractivity contribution in [2.75, 3.05) is 7.05 Å². The molecule has 0 N–H and O–H groups in total. The van der Waals surface area contributed by atoms with Crippen molar-refractivity contribution in [1.29, 1.82) is 0 Å². The summed E-state index contributed by atoms with van der Waals surface area (Å²) in [7, 11) is 1.32. The molecule has 0 aromatic rings. The van der Waals surface area contributed by atoms with E-state index in [2.05, 4.69) is 5.10 Å². The molecule has 0 aromatic heterocycles. The van der Waals surface area contributed by atoms with Gasteiger partial charge in [0.25, 0.3) is 0 Å². The van der Waals surface area contributed by atoms with E-state index >= 15 is 0 Å². The number of alkyl halides is 3. The van der Waals surface area contributed by atoms with Crippen molar-refractivity contribution < 1.29 is 13.2 Å². The minimum absolute atomic E-state index is 0.589. The van der Waals surface area contributed by atoms with Gasteiger partial charge in [0.2, 0.25) is 6.17 Å². The van der Waals surface area contributed by atoms with E-state index in [1.807, 2.05) is 0 Å². The van der Waals surface area contributed by atoms with Crippen LogP contribution in [0.2, 0.25) is 0 Å². The van der Waals surface area contributed by atoms with Crippen LogP contribution in [-0.2, 0) is 0 Å². The van der Waals surface area contributed by atoms with E-state index in [1.54, 1.807) is 20.8 Å². The molecule has 1 atom stereocenters. The lowest BCUT2D eigenvalue weighted by molar-refractivity contribution is -0.212. The number of hydrogen-bond acceptors (Lipinski definition) is 3. The van der Waals surface area contributed by atoms with Crippen LogP contribution < -0.4 is 0 Å². The van der Waals surface area contributed by atoms with E-state index in [9.17, 15) is 13.2 Å². The van der Waals surface area contributed by atoms with E-state index in [4.69, 9.17) is 0 Å². The molecule has 0 saturated carbocycles. The highest BCUT2D eigenvalue weighted by Crippen LogP contribution is 2.33. The molecule has 0 saturated heterocycles. The largest absolute Gasteiger partial charge is 0.429 e. The highest BCUT2D eigenvalue weighted by molar-refractivity contribution is 5.58. The fraction of sp³-hybridized carbons (Fsp3) is 0.875. The van der Waals surface area contributed by atoms with Gasteiger partial charge in [-0.25, -0.2) is 0 Å². The van der Waals surface area contributed by atoms with Crippen LogP contribution in [0.1, 0.15) is 20.8 Å². The second-order valence-corrected chi connectivity index (χ2v) is 4.30. The van der Waals surface area contributed by atoms with Gasteiger partial charge in [0.15, 0.2) is 0 Å². The normalized spacial score (nSPS) is 23.5. The molecular formula is C8H14F3N3. The summed E-state index contributed by atoms with van der Waals surface area (Å²) in [6.07, 6.45) is -4.71. The van der Waals surface area contributed by atoms with Crippen LogP contribution in [0.25, 0.3) is 0 Å². The number of hydrazone groups is 1. The molecule has 1 heterocycles. The van der Waals surface area contributed by atoms with Gasteiger partial charge < -0.3 is 4.90 Å². The topological polar surface area (TPSA) is 18.8 Å². The maximum atomic E-state index is 12.6. The molecule has 0 spiro atoms. The molecule has 6 heteroatoms. The third kappa shape index (κ3) is 1.93. The Morgan fingerprint density at radius 2 is 1.71 bits per heavy atom. The number of rotatable bonds is 0. The number of halogens is 3. The first-order chi connectivity index (χ1) is 6.14. The second-order valence-electron chi connectivity index (χ2n) is 4.30. The standard InChI is InChI=1S/C8H14F3N3/c1-7(2,3)14-5-12-13(4)6(14)8(9,10)11/h5-6H,1-4H3. The molecule has 1 aliphatic heterocycles. The average Bonchev–Trinajstić information content (AvgIpc) is 2.27. The van der Waals surface area contributed by atoms with Gasteiger partial charge in [0, 0.05) is 12.6 Å². The quantitative estimate of drug-likeness (QED) is 0.606. The van der Waals surface area contributed by atoms with Crippen molar-refractivity contribution in [3.05, 3.63) is 0 Å². The monoisotopic (exact) mass is 209 g/mol. The third-order valence-electron chi connectivity index (χ3n) is 2.04. The van der Waals surface area contributed by atoms with E-state index in [1.165, 1.54) is 18.3 Å². The average molecular weight is 209 g/mol. The summed E-state index contributed by atoms with van der Waals surface area (Å²) >= 11 is 0. The first-order valence-electron chi connectivity index (χ1n) is 4.26. The lowest BCUT2D eigenvalue weighted by Gasteiger charge is -2.38. The molecule has 0 bridgehead atoms. The van der Waals surface area contributed by atoms with Crippen LogP contribution in [-0.4, -0.2) is 41.2 Å². The van der Waals surface area contributed by atoms with Gasteiger partial charge in [-0.2, -0.15) is 18.3 Å². The maximum Gasteiger partial charge on any atom is 0.429 e.